The largest absolute Gasteiger partial charge is 0.480 e. The summed E-state index contributed by atoms with van der Waals surface area (Å²) in [6.45, 7) is 7.49. The van der Waals surface area contributed by atoms with Gasteiger partial charge in [0.05, 0.1) is 0 Å². The average molecular weight is 262 g/mol. The number of hydrogen-bond acceptors (Lipinski definition) is 3. The Kier molecular flexibility index (Phi) is 4.22. The van der Waals surface area contributed by atoms with Gasteiger partial charge in [-0.3, -0.25) is 9.69 Å². The van der Waals surface area contributed by atoms with Gasteiger partial charge in [0.1, 0.15) is 6.04 Å². The third kappa shape index (κ3) is 3.14. The van der Waals surface area contributed by atoms with E-state index in [0.29, 0.717) is 0 Å². The first-order valence-electron chi connectivity index (χ1n) is 6.71. The van der Waals surface area contributed by atoms with Crippen LogP contribution in [0.25, 0.3) is 0 Å². The lowest BCUT2D eigenvalue weighted by atomic mass is 9.97. The number of carbonyl (C=O) groups is 1. The SMILES string of the molecule is Cc1ccc(C(C(=O)O)N2CCN(C)CC2)c(C)c1. The molecule has 0 spiro atoms. The zero-order chi connectivity index (χ0) is 14.0. The van der Waals surface area contributed by atoms with E-state index in [9.17, 15) is 9.90 Å². The van der Waals surface area contributed by atoms with Crippen LogP contribution in [-0.2, 0) is 4.79 Å². The van der Waals surface area contributed by atoms with Crippen molar-refractivity contribution in [2.75, 3.05) is 33.2 Å². The summed E-state index contributed by atoms with van der Waals surface area (Å²) >= 11 is 0. The molecule has 1 N–H and O–H groups in total. The monoisotopic (exact) mass is 262 g/mol. The molecule has 4 nitrogen and oxygen atoms in total. The number of aliphatic carboxylic acids is 1. The minimum Gasteiger partial charge on any atom is -0.480 e. The fourth-order valence-corrected chi connectivity index (χ4v) is 2.70. The second kappa shape index (κ2) is 5.72. The Bertz CT molecular complexity index is 465. The van der Waals surface area contributed by atoms with Gasteiger partial charge in [-0.2, -0.15) is 0 Å². The molecule has 4 heteroatoms. The molecular weight excluding hydrogens is 240 g/mol. The van der Waals surface area contributed by atoms with Crippen molar-refractivity contribution in [2.24, 2.45) is 0 Å². The first-order chi connectivity index (χ1) is 8.99. The molecule has 1 aromatic rings. The second-order valence-corrected chi connectivity index (χ2v) is 5.44. The molecule has 104 valence electrons. The van der Waals surface area contributed by atoms with Crippen molar-refractivity contribution in [3.05, 3.63) is 34.9 Å². The molecule has 0 aliphatic carbocycles. The number of benzene rings is 1. The van der Waals surface area contributed by atoms with Crippen molar-refractivity contribution in [2.45, 2.75) is 19.9 Å². The molecule has 1 aromatic carbocycles. The van der Waals surface area contributed by atoms with Crippen LogP contribution in [0.3, 0.4) is 0 Å². The number of likely N-dealkylation sites (N-methyl/N-ethyl adjacent to an activating group) is 1. The topological polar surface area (TPSA) is 43.8 Å². The smallest absolute Gasteiger partial charge is 0.325 e. The summed E-state index contributed by atoms with van der Waals surface area (Å²) in [7, 11) is 2.07. The summed E-state index contributed by atoms with van der Waals surface area (Å²) in [5.74, 6) is -0.753. The molecule has 1 atom stereocenters. The number of rotatable bonds is 3. The van der Waals surface area contributed by atoms with Crippen molar-refractivity contribution >= 4 is 5.97 Å². The molecule has 2 rings (SSSR count). The number of carboxylic acids is 1. The molecule has 19 heavy (non-hydrogen) atoms. The zero-order valence-corrected chi connectivity index (χ0v) is 11.9. The van der Waals surface area contributed by atoms with E-state index in [4.69, 9.17) is 0 Å². The van der Waals surface area contributed by atoms with E-state index >= 15 is 0 Å². The maximum atomic E-state index is 11.7. The van der Waals surface area contributed by atoms with Gasteiger partial charge in [0, 0.05) is 26.2 Å². The third-order valence-corrected chi connectivity index (χ3v) is 3.86. The van der Waals surface area contributed by atoms with Crippen molar-refractivity contribution in [3.8, 4) is 0 Å². The Labute approximate surface area is 114 Å². The van der Waals surface area contributed by atoms with E-state index in [0.717, 1.165) is 37.3 Å². The van der Waals surface area contributed by atoms with E-state index in [2.05, 4.69) is 22.9 Å². The van der Waals surface area contributed by atoms with E-state index in [1.54, 1.807) is 0 Å². The van der Waals surface area contributed by atoms with Crippen LogP contribution < -0.4 is 0 Å². The molecule has 0 amide bonds. The molecule has 1 saturated heterocycles. The third-order valence-electron chi connectivity index (χ3n) is 3.86. The van der Waals surface area contributed by atoms with Gasteiger partial charge in [0.15, 0.2) is 0 Å². The number of piperazine rings is 1. The van der Waals surface area contributed by atoms with Gasteiger partial charge in [-0.05, 0) is 32.0 Å². The quantitative estimate of drug-likeness (QED) is 0.900. The van der Waals surface area contributed by atoms with Crippen LogP contribution in [-0.4, -0.2) is 54.1 Å². The lowest BCUT2D eigenvalue weighted by molar-refractivity contribution is -0.144. The van der Waals surface area contributed by atoms with Crippen molar-refractivity contribution in [3.63, 3.8) is 0 Å². The van der Waals surface area contributed by atoms with Gasteiger partial charge < -0.3 is 10.0 Å². The molecule has 1 unspecified atom stereocenters. The van der Waals surface area contributed by atoms with Crippen LogP contribution in [0.1, 0.15) is 22.7 Å². The van der Waals surface area contributed by atoms with Crippen LogP contribution in [0.2, 0.25) is 0 Å². The standard InChI is InChI=1S/C15H22N2O2/c1-11-4-5-13(12(2)10-11)14(15(18)19)17-8-6-16(3)7-9-17/h4-5,10,14H,6-9H2,1-3H3,(H,18,19). The Morgan fingerprint density at radius 2 is 1.84 bits per heavy atom. The molecule has 0 aromatic heterocycles. The van der Waals surface area contributed by atoms with Crippen molar-refractivity contribution < 1.29 is 9.90 Å². The second-order valence-electron chi connectivity index (χ2n) is 5.44. The van der Waals surface area contributed by atoms with Gasteiger partial charge >= 0.3 is 5.97 Å². The molecule has 1 heterocycles. The van der Waals surface area contributed by atoms with E-state index < -0.39 is 12.0 Å². The molecular formula is C15H22N2O2. The van der Waals surface area contributed by atoms with E-state index in [-0.39, 0.29) is 0 Å². The van der Waals surface area contributed by atoms with Gasteiger partial charge in [-0.15, -0.1) is 0 Å². The van der Waals surface area contributed by atoms with Crippen molar-refractivity contribution in [1.29, 1.82) is 0 Å². The summed E-state index contributed by atoms with van der Waals surface area (Å²) < 4.78 is 0. The Hall–Kier alpha value is -1.39. The Morgan fingerprint density at radius 1 is 1.21 bits per heavy atom. The highest BCUT2D eigenvalue weighted by Gasteiger charge is 2.30. The minimum absolute atomic E-state index is 0.519. The molecule has 0 radical (unpaired) electrons. The first kappa shape index (κ1) is 14.0. The first-order valence-corrected chi connectivity index (χ1v) is 6.71. The number of nitrogens with zero attached hydrogens (tertiary/aromatic N) is 2. The lowest BCUT2D eigenvalue weighted by Crippen LogP contribution is -2.47. The zero-order valence-electron chi connectivity index (χ0n) is 11.9. The molecule has 0 bridgehead atoms. The van der Waals surface area contributed by atoms with Gasteiger partial charge in [-0.25, -0.2) is 0 Å². The highest BCUT2D eigenvalue weighted by atomic mass is 16.4. The minimum atomic E-state index is -0.753. The van der Waals surface area contributed by atoms with Crippen LogP contribution in [0, 0.1) is 13.8 Å². The highest BCUT2D eigenvalue weighted by Crippen LogP contribution is 2.26. The summed E-state index contributed by atoms with van der Waals surface area (Å²) in [5, 5.41) is 9.58. The van der Waals surface area contributed by atoms with E-state index in [1.165, 1.54) is 5.56 Å². The maximum absolute atomic E-state index is 11.7. The Morgan fingerprint density at radius 3 is 2.37 bits per heavy atom. The molecule has 1 aliphatic heterocycles. The molecule has 1 aliphatic rings. The molecule has 1 fully saturated rings. The fraction of sp³-hybridized carbons (Fsp3) is 0.533. The highest BCUT2D eigenvalue weighted by molar-refractivity contribution is 5.76. The number of hydrogen-bond donors (Lipinski definition) is 1. The lowest BCUT2D eigenvalue weighted by Gasteiger charge is -2.36. The van der Waals surface area contributed by atoms with Crippen LogP contribution in [0.4, 0.5) is 0 Å². The average Bonchev–Trinajstić information content (AvgIpc) is 2.34. The van der Waals surface area contributed by atoms with Gasteiger partial charge in [-0.1, -0.05) is 23.8 Å². The predicted octanol–water partition coefficient (Wildman–Crippen LogP) is 1.68. The summed E-state index contributed by atoms with van der Waals surface area (Å²) in [6, 6.07) is 5.49. The predicted molar refractivity (Wildman–Crippen MR) is 75.4 cm³/mol. The van der Waals surface area contributed by atoms with Crippen LogP contribution >= 0.6 is 0 Å². The Balaban J connectivity index is 2.27. The maximum Gasteiger partial charge on any atom is 0.325 e. The summed E-state index contributed by atoms with van der Waals surface area (Å²) in [6.07, 6.45) is 0. The van der Waals surface area contributed by atoms with Crippen LogP contribution in [0.5, 0.6) is 0 Å². The number of aryl methyl sites for hydroxylation is 2. The summed E-state index contributed by atoms with van der Waals surface area (Å²) in [4.78, 5) is 16.0. The fourth-order valence-electron chi connectivity index (χ4n) is 2.70. The van der Waals surface area contributed by atoms with Crippen molar-refractivity contribution in [1.82, 2.24) is 9.80 Å². The van der Waals surface area contributed by atoms with Gasteiger partial charge in [0.2, 0.25) is 0 Å². The van der Waals surface area contributed by atoms with Crippen LogP contribution in [0.15, 0.2) is 18.2 Å². The summed E-state index contributed by atoms with van der Waals surface area (Å²) in [5.41, 5.74) is 3.15. The number of carboxylic acid groups (broad SMARTS) is 1. The van der Waals surface area contributed by atoms with E-state index in [1.807, 2.05) is 26.0 Å². The van der Waals surface area contributed by atoms with Gasteiger partial charge in [0.25, 0.3) is 0 Å². The molecule has 0 saturated carbocycles. The normalized spacial score (nSPS) is 19.3.